The number of hydrogen-bond acceptors (Lipinski definition) is 8. The lowest BCUT2D eigenvalue weighted by atomic mass is 10.0. The van der Waals surface area contributed by atoms with Gasteiger partial charge >= 0.3 is 0 Å². The minimum absolute atomic E-state index is 0.546. The van der Waals surface area contributed by atoms with Gasteiger partial charge in [-0.1, -0.05) is 334 Å². The van der Waals surface area contributed by atoms with Gasteiger partial charge in [0.05, 0.1) is 66.7 Å². The fourth-order valence-electron chi connectivity index (χ4n) is 18.3. The van der Waals surface area contributed by atoms with Crippen LogP contribution in [-0.2, 0) is 0 Å². The molecule has 574 valence electrons. The van der Waals surface area contributed by atoms with Crippen LogP contribution < -0.4 is 0 Å². The van der Waals surface area contributed by atoms with Gasteiger partial charge in [0.2, 0.25) is 11.9 Å². The van der Waals surface area contributed by atoms with Crippen LogP contribution >= 0.6 is 0 Å². The maximum atomic E-state index is 6.37. The van der Waals surface area contributed by atoms with Gasteiger partial charge in [0.1, 0.15) is 22.8 Å². The summed E-state index contributed by atoms with van der Waals surface area (Å²) in [6, 6.07) is 146. The molecule has 0 N–H and O–H groups in total. The van der Waals surface area contributed by atoms with E-state index in [0.29, 0.717) is 23.5 Å². The number of aromatic nitrogens is 11. The van der Waals surface area contributed by atoms with E-state index in [2.05, 4.69) is 382 Å². The fourth-order valence-corrected chi connectivity index (χ4v) is 18.3. The predicted molar refractivity (Wildman–Crippen MR) is 503 cm³/mol. The Kier molecular flexibility index (Phi) is 16.6. The summed E-state index contributed by atoms with van der Waals surface area (Å²) < 4.78 is 15.5. The Bertz CT molecular complexity index is 8360. The second kappa shape index (κ2) is 29.1. The van der Waals surface area contributed by atoms with Gasteiger partial charge in [0, 0.05) is 87.1 Å². The lowest BCUT2D eigenvalue weighted by Crippen LogP contribution is -2.06. The van der Waals surface area contributed by atoms with Crippen LogP contribution in [0.15, 0.2) is 423 Å². The summed E-state index contributed by atoms with van der Waals surface area (Å²) in [7, 11) is 0. The van der Waals surface area contributed by atoms with Gasteiger partial charge in [-0.05, 0) is 118 Å². The zero-order valence-corrected chi connectivity index (χ0v) is 66.2. The van der Waals surface area contributed by atoms with Crippen LogP contribution in [0.3, 0.4) is 0 Å². The van der Waals surface area contributed by atoms with E-state index in [9.17, 15) is 0 Å². The summed E-state index contributed by atoms with van der Waals surface area (Å²) in [5.74, 6) is 4.04. The Balaban J connectivity index is 0.000000139. The van der Waals surface area contributed by atoms with Crippen molar-refractivity contribution in [2.75, 3.05) is 0 Å². The van der Waals surface area contributed by atoms with Crippen LogP contribution in [0.25, 0.3) is 234 Å². The molecule has 0 saturated heterocycles. The highest BCUT2D eigenvalue weighted by atomic mass is 16.3. The molecule has 0 aliphatic carbocycles. The summed E-state index contributed by atoms with van der Waals surface area (Å²) in [5.41, 5.74) is 25.2. The van der Waals surface area contributed by atoms with Crippen molar-refractivity contribution in [2.45, 2.75) is 0 Å². The first-order chi connectivity index (χ1) is 61.0. The predicted octanol–water partition coefficient (Wildman–Crippen LogP) is 27.9. The second-order valence-electron chi connectivity index (χ2n) is 31.1. The molecule has 25 aromatic rings. The third-order valence-corrected chi connectivity index (χ3v) is 23.9. The van der Waals surface area contributed by atoms with E-state index < -0.39 is 0 Å². The molecule has 9 aromatic heterocycles. The third-order valence-electron chi connectivity index (χ3n) is 23.9. The first-order valence-electron chi connectivity index (χ1n) is 41.3. The zero-order valence-electron chi connectivity index (χ0n) is 66.2. The van der Waals surface area contributed by atoms with E-state index in [0.717, 1.165) is 210 Å². The molecular weight excluding hydrogens is 1500 g/mol. The van der Waals surface area contributed by atoms with Crippen LogP contribution in [0.4, 0.5) is 0 Å². The van der Waals surface area contributed by atoms with E-state index in [4.69, 9.17) is 39.3 Å². The molecule has 12 heteroatoms. The Labute approximate surface area is 705 Å². The van der Waals surface area contributed by atoms with Crippen molar-refractivity contribution in [3.63, 3.8) is 0 Å². The monoisotopic (exact) mass is 1570 g/mol. The lowest BCUT2D eigenvalue weighted by Gasteiger charge is -2.14. The number of pyridine rings is 2. The molecular formula is C111H69N11O. The maximum absolute atomic E-state index is 6.37. The maximum Gasteiger partial charge on any atom is 0.238 e. The molecule has 25 rings (SSSR count). The lowest BCUT2D eigenvalue weighted by molar-refractivity contribution is 0.669. The van der Waals surface area contributed by atoms with Gasteiger partial charge in [-0.15, -0.1) is 0 Å². The number of nitrogens with zero attached hydrogens (tertiary/aromatic N) is 11. The molecule has 123 heavy (non-hydrogen) atoms. The standard InChI is InChI=1S/C56H36N6.C55H33N5O/c1-5-17-37(18-6-1)39-29-31-42(32-30-39)55-58-54(41-23-11-4-12-24-41)59-56(60-55)61-49-28-16-14-26-46(49)52-50(61)34-33-45-44-25-13-15-27-48(44)62(53(45)52)51-36-43(38-19-7-2-8-20-38)35-47(57-51)40-21-9-3-10-22-40;1-3-15-34(16-4-1)37-31-45(35-17-5-2-6-18-35)56-51(33-37)60-46-24-12-8-19-38(46)41-29-30-48-52(54(41)60)43-22-9-13-25-47(43)59(48)55-57-44-23-11-7-21-42(44)53(58-55)36-27-28-40-39-20-10-14-26-49(39)61-50(40)32-36/h1-36H;1-33H. The highest BCUT2D eigenvalue weighted by Crippen LogP contribution is 2.47. The average Bonchev–Trinajstić information content (AvgIpc) is 1.55. The zero-order chi connectivity index (χ0) is 81.0. The molecule has 0 saturated carbocycles. The summed E-state index contributed by atoms with van der Waals surface area (Å²) >= 11 is 0. The van der Waals surface area contributed by atoms with Crippen molar-refractivity contribution in [1.82, 2.24) is 53.2 Å². The van der Waals surface area contributed by atoms with Gasteiger partial charge in [0.15, 0.2) is 11.6 Å². The number of rotatable bonds is 12. The Morgan fingerprint density at radius 2 is 0.537 bits per heavy atom. The van der Waals surface area contributed by atoms with Crippen molar-refractivity contribution >= 4 is 120 Å². The molecule has 0 aliphatic rings. The number of furan rings is 1. The molecule has 0 amide bonds. The van der Waals surface area contributed by atoms with Crippen LogP contribution in [-0.4, -0.2) is 53.2 Å². The van der Waals surface area contributed by atoms with E-state index in [-0.39, 0.29) is 0 Å². The third kappa shape index (κ3) is 11.9. The van der Waals surface area contributed by atoms with Crippen molar-refractivity contribution in [3.05, 3.63) is 419 Å². The minimum atomic E-state index is 0.546. The highest BCUT2D eigenvalue weighted by molar-refractivity contribution is 6.28. The second-order valence-corrected chi connectivity index (χ2v) is 31.1. The van der Waals surface area contributed by atoms with Crippen molar-refractivity contribution < 1.29 is 4.42 Å². The number of hydrogen-bond donors (Lipinski definition) is 0. The average molecular weight is 1570 g/mol. The van der Waals surface area contributed by atoms with E-state index in [1.807, 2.05) is 54.6 Å². The normalized spacial score (nSPS) is 11.7. The van der Waals surface area contributed by atoms with Crippen molar-refractivity contribution in [3.8, 4) is 113 Å². The quantitative estimate of drug-likeness (QED) is 0.118. The van der Waals surface area contributed by atoms with Crippen LogP contribution in [0.2, 0.25) is 0 Å². The first-order valence-corrected chi connectivity index (χ1v) is 41.3. The highest BCUT2D eigenvalue weighted by Gasteiger charge is 2.28. The van der Waals surface area contributed by atoms with E-state index in [1.165, 1.54) is 0 Å². The molecule has 0 fully saturated rings. The Morgan fingerprint density at radius 3 is 1.03 bits per heavy atom. The number of para-hydroxylation sites is 6. The van der Waals surface area contributed by atoms with Gasteiger partial charge in [-0.25, -0.2) is 24.9 Å². The molecule has 0 bridgehead atoms. The summed E-state index contributed by atoms with van der Waals surface area (Å²) in [5, 5.41) is 12.2. The SMILES string of the molecule is c1ccc(-c2cc(-c3ccccc3)nc(-n3c4ccccc4c4ccc5c(c6ccccc6n5-c5nc(-c6ccc7c(c6)oc6ccccc67)c6ccccc6n5)c43)c2)cc1.c1ccc(-c2ccc(-c3nc(-c4ccccc4)nc(-n4c5ccccc5c5c4ccc4c6ccccc6n(-c6cc(-c7ccccc7)cc(-c7ccccc7)n6)c45)n3)cc2)cc1. The topological polar surface area (TPSA) is 123 Å². The van der Waals surface area contributed by atoms with E-state index in [1.54, 1.807) is 0 Å². The number of fused-ring (bicyclic) bond motifs is 18. The molecule has 12 nitrogen and oxygen atoms in total. The molecule has 16 aromatic carbocycles. The first kappa shape index (κ1) is 70.4. The Hall–Kier alpha value is -16.8. The summed E-state index contributed by atoms with van der Waals surface area (Å²) in [4.78, 5) is 37.3. The van der Waals surface area contributed by atoms with Crippen molar-refractivity contribution in [1.29, 1.82) is 0 Å². The summed E-state index contributed by atoms with van der Waals surface area (Å²) in [6.45, 7) is 0. The molecule has 0 radical (unpaired) electrons. The molecule has 0 unspecified atom stereocenters. The van der Waals surface area contributed by atoms with Crippen molar-refractivity contribution in [2.24, 2.45) is 0 Å². The van der Waals surface area contributed by atoms with Crippen LogP contribution in [0.1, 0.15) is 0 Å². The largest absolute Gasteiger partial charge is 0.456 e. The summed E-state index contributed by atoms with van der Waals surface area (Å²) in [6.07, 6.45) is 0. The van der Waals surface area contributed by atoms with Gasteiger partial charge < -0.3 is 4.42 Å². The molecule has 9 heterocycles. The van der Waals surface area contributed by atoms with Crippen LogP contribution in [0, 0.1) is 0 Å². The smallest absolute Gasteiger partial charge is 0.238 e. The molecule has 0 aliphatic heterocycles. The molecule has 0 spiro atoms. The van der Waals surface area contributed by atoms with Gasteiger partial charge in [0.25, 0.3) is 0 Å². The van der Waals surface area contributed by atoms with Gasteiger partial charge in [-0.2, -0.15) is 9.97 Å². The molecule has 0 atom stereocenters. The number of benzene rings is 16. The van der Waals surface area contributed by atoms with Gasteiger partial charge in [-0.3, -0.25) is 18.3 Å². The van der Waals surface area contributed by atoms with Crippen LogP contribution in [0.5, 0.6) is 0 Å². The minimum Gasteiger partial charge on any atom is -0.456 e. The van der Waals surface area contributed by atoms with E-state index >= 15 is 0 Å². The fraction of sp³-hybridized carbons (Fsp3) is 0. The Morgan fingerprint density at radius 1 is 0.187 bits per heavy atom.